The molecule has 2 aromatic heterocycles. The molecule has 5 aromatic rings. The zero-order chi connectivity index (χ0) is 33.2. The first-order valence-electron chi connectivity index (χ1n) is 13.4. The number of benzene rings is 3. The fourth-order valence-electron chi connectivity index (χ4n) is 4.51. The standard InChI is InChI=1S/C31H24F4N4O7/c1-4-38-16-27(28(40)39(30(38)42)19-8-5-17(32)6-9-19)46-29(41)37-18-7-10-24(21(13-18)31(33,34)35)45-23-11-12-36-22-15-26(44-3)25(43-2)14-20(22)23/h5-16H,4H2,1-3H3,(H,37,41). The van der Waals surface area contributed by atoms with E-state index in [0.717, 1.165) is 35.0 Å². The van der Waals surface area contributed by atoms with E-state index < -0.39 is 46.4 Å². The lowest BCUT2D eigenvalue weighted by molar-refractivity contribution is -0.138. The van der Waals surface area contributed by atoms with Gasteiger partial charge in [0, 0.05) is 29.9 Å². The minimum absolute atomic E-state index is 0.00873. The second-order valence-corrected chi connectivity index (χ2v) is 9.54. The number of nitrogens with one attached hydrogen (secondary N) is 1. The largest absolute Gasteiger partial charge is 0.493 e. The van der Waals surface area contributed by atoms with Crippen LogP contribution in [0.5, 0.6) is 28.7 Å². The number of rotatable bonds is 8. The summed E-state index contributed by atoms with van der Waals surface area (Å²) in [7, 11) is 2.83. The zero-order valence-electron chi connectivity index (χ0n) is 24.3. The number of ether oxygens (including phenoxy) is 4. The number of nitrogens with zero attached hydrogens (tertiary/aromatic N) is 3. The lowest BCUT2D eigenvalue weighted by atomic mass is 10.1. The highest BCUT2D eigenvalue weighted by atomic mass is 19.4. The van der Waals surface area contributed by atoms with E-state index in [1.165, 1.54) is 44.7 Å². The molecule has 0 spiro atoms. The van der Waals surface area contributed by atoms with E-state index in [2.05, 4.69) is 10.3 Å². The summed E-state index contributed by atoms with van der Waals surface area (Å²) < 4.78 is 79.1. The Balaban J connectivity index is 1.44. The van der Waals surface area contributed by atoms with E-state index in [1.807, 2.05) is 0 Å². The van der Waals surface area contributed by atoms with Crippen LogP contribution in [-0.4, -0.2) is 34.4 Å². The lowest BCUT2D eigenvalue weighted by Gasteiger charge is -2.17. The van der Waals surface area contributed by atoms with Crippen molar-refractivity contribution in [2.75, 3.05) is 19.5 Å². The highest BCUT2D eigenvalue weighted by Gasteiger charge is 2.35. The van der Waals surface area contributed by atoms with E-state index in [1.54, 1.807) is 13.0 Å². The SMILES string of the molecule is CCn1cc(OC(=O)Nc2ccc(Oc3ccnc4cc(OC)c(OC)cc34)c(C(F)(F)F)c2)c(=O)n(-c2ccc(F)cc2)c1=O. The molecule has 1 N–H and O–H groups in total. The number of anilines is 1. The normalized spacial score (nSPS) is 11.3. The van der Waals surface area contributed by atoms with Gasteiger partial charge in [0.1, 0.15) is 22.9 Å². The van der Waals surface area contributed by atoms with E-state index in [4.69, 9.17) is 18.9 Å². The van der Waals surface area contributed by atoms with Crippen LogP contribution in [-0.2, 0) is 12.7 Å². The summed E-state index contributed by atoms with van der Waals surface area (Å²) in [5, 5.41) is 2.50. The highest BCUT2D eigenvalue weighted by Crippen LogP contribution is 2.42. The van der Waals surface area contributed by atoms with Gasteiger partial charge >= 0.3 is 23.5 Å². The van der Waals surface area contributed by atoms with Crippen molar-refractivity contribution in [3.05, 3.63) is 105 Å². The van der Waals surface area contributed by atoms with Gasteiger partial charge in [0.25, 0.3) is 0 Å². The topological polar surface area (TPSA) is 123 Å². The van der Waals surface area contributed by atoms with Crippen molar-refractivity contribution < 1.29 is 41.3 Å². The number of pyridine rings is 1. The number of hydrogen-bond donors (Lipinski definition) is 1. The zero-order valence-corrected chi connectivity index (χ0v) is 24.3. The first-order chi connectivity index (χ1) is 21.9. The molecule has 0 aliphatic carbocycles. The van der Waals surface area contributed by atoms with Crippen LogP contribution in [0.1, 0.15) is 12.5 Å². The van der Waals surface area contributed by atoms with Gasteiger partial charge in [-0.15, -0.1) is 0 Å². The van der Waals surface area contributed by atoms with Crippen LogP contribution in [0.3, 0.4) is 0 Å². The number of amides is 1. The van der Waals surface area contributed by atoms with Crippen LogP contribution in [0.25, 0.3) is 16.6 Å². The van der Waals surface area contributed by atoms with Gasteiger partial charge in [0.15, 0.2) is 11.5 Å². The number of hydrogen-bond acceptors (Lipinski definition) is 8. The molecule has 238 valence electrons. The minimum Gasteiger partial charge on any atom is -0.493 e. The summed E-state index contributed by atoms with van der Waals surface area (Å²) >= 11 is 0. The number of carbonyl (C=O) groups excluding carboxylic acids is 1. The summed E-state index contributed by atoms with van der Waals surface area (Å²) in [5.74, 6) is -1.08. The maximum Gasteiger partial charge on any atom is 0.420 e. The number of fused-ring (bicyclic) bond motifs is 1. The second kappa shape index (κ2) is 12.6. The maximum absolute atomic E-state index is 14.2. The summed E-state index contributed by atoms with van der Waals surface area (Å²) in [6, 6.07) is 11.7. The van der Waals surface area contributed by atoms with Crippen molar-refractivity contribution >= 4 is 22.7 Å². The quantitative estimate of drug-likeness (QED) is 0.201. The van der Waals surface area contributed by atoms with Gasteiger partial charge < -0.3 is 18.9 Å². The molecule has 0 aliphatic heterocycles. The van der Waals surface area contributed by atoms with Crippen LogP contribution in [0.2, 0.25) is 0 Å². The fraction of sp³-hybridized carbons (Fsp3) is 0.161. The minimum atomic E-state index is -4.92. The third kappa shape index (κ3) is 6.33. The van der Waals surface area contributed by atoms with Gasteiger partial charge in [-0.25, -0.2) is 18.5 Å². The first-order valence-corrected chi connectivity index (χ1v) is 13.4. The van der Waals surface area contributed by atoms with Gasteiger partial charge in [-0.1, -0.05) is 0 Å². The van der Waals surface area contributed by atoms with Gasteiger partial charge in [-0.2, -0.15) is 13.2 Å². The number of halogens is 4. The predicted octanol–water partition coefficient (Wildman–Crippen LogP) is 6.15. The average Bonchev–Trinajstić information content (AvgIpc) is 3.03. The Bertz CT molecular complexity index is 2060. The molecule has 2 heterocycles. The molecule has 0 bridgehead atoms. The Morgan fingerprint density at radius 3 is 2.24 bits per heavy atom. The number of carbonyl (C=O) groups is 1. The summed E-state index contributed by atoms with van der Waals surface area (Å²) in [6.45, 7) is 1.66. The average molecular weight is 641 g/mol. The monoisotopic (exact) mass is 640 g/mol. The molecule has 3 aromatic carbocycles. The van der Waals surface area contributed by atoms with Crippen LogP contribution in [0, 0.1) is 5.82 Å². The Labute approximate surface area is 257 Å². The molecule has 15 heteroatoms. The van der Waals surface area contributed by atoms with E-state index in [9.17, 15) is 31.9 Å². The summed E-state index contributed by atoms with van der Waals surface area (Å²) in [6.07, 6.45) is -3.88. The third-order valence-corrected chi connectivity index (χ3v) is 6.71. The van der Waals surface area contributed by atoms with E-state index in [0.29, 0.717) is 33.0 Å². The molecule has 5 rings (SSSR count). The van der Waals surface area contributed by atoms with Crippen molar-refractivity contribution in [1.29, 1.82) is 0 Å². The van der Waals surface area contributed by atoms with Crippen molar-refractivity contribution in [1.82, 2.24) is 14.1 Å². The Kier molecular flexibility index (Phi) is 8.67. The maximum atomic E-state index is 14.2. The molecule has 0 saturated carbocycles. The molecule has 0 saturated heterocycles. The van der Waals surface area contributed by atoms with Crippen LogP contribution in [0.4, 0.5) is 28.0 Å². The van der Waals surface area contributed by atoms with Gasteiger partial charge in [0.05, 0.1) is 31.6 Å². The van der Waals surface area contributed by atoms with Crippen molar-refractivity contribution in [3.63, 3.8) is 0 Å². The molecule has 11 nitrogen and oxygen atoms in total. The molecular weight excluding hydrogens is 616 g/mol. The predicted molar refractivity (Wildman–Crippen MR) is 158 cm³/mol. The molecule has 0 unspecified atom stereocenters. The van der Waals surface area contributed by atoms with Crippen molar-refractivity contribution in [2.24, 2.45) is 0 Å². The number of aryl methyl sites for hydroxylation is 1. The molecule has 0 radical (unpaired) electrons. The molecule has 1 amide bonds. The second-order valence-electron chi connectivity index (χ2n) is 9.54. The van der Waals surface area contributed by atoms with Crippen LogP contribution < -0.4 is 35.5 Å². The molecular formula is C31H24F4N4O7. The molecule has 0 atom stereocenters. The highest BCUT2D eigenvalue weighted by molar-refractivity contribution is 5.89. The Hall–Kier alpha value is -5.86. The molecule has 46 heavy (non-hydrogen) atoms. The molecule has 0 aliphatic rings. The van der Waals surface area contributed by atoms with Gasteiger partial charge in [-0.3, -0.25) is 19.7 Å². The number of methoxy groups -OCH3 is 2. The smallest absolute Gasteiger partial charge is 0.420 e. The van der Waals surface area contributed by atoms with Gasteiger partial charge in [-0.05, 0) is 61.5 Å². The van der Waals surface area contributed by atoms with Gasteiger partial charge in [0.2, 0.25) is 5.75 Å². The summed E-state index contributed by atoms with van der Waals surface area (Å²) in [5.41, 5.74) is -3.01. The van der Waals surface area contributed by atoms with E-state index in [-0.39, 0.29) is 23.7 Å². The number of alkyl halides is 3. The van der Waals surface area contributed by atoms with E-state index >= 15 is 0 Å². The number of aromatic nitrogens is 3. The first kappa shape index (κ1) is 31.6. The third-order valence-electron chi connectivity index (χ3n) is 6.71. The summed E-state index contributed by atoms with van der Waals surface area (Å²) in [4.78, 5) is 42.8. The fourth-order valence-corrected chi connectivity index (χ4v) is 4.51. The van der Waals surface area contributed by atoms with Crippen molar-refractivity contribution in [3.8, 4) is 34.4 Å². The molecule has 0 fully saturated rings. The van der Waals surface area contributed by atoms with Crippen molar-refractivity contribution in [2.45, 2.75) is 19.6 Å². The Morgan fingerprint density at radius 1 is 0.891 bits per heavy atom. The van der Waals surface area contributed by atoms with Crippen LogP contribution >= 0.6 is 0 Å². The lowest BCUT2D eigenvalue weighted by Crippen LogP contribution is -2.39. The Morgan fingerprint density at radius 2 is 1.59 bits per heavy atom. The van der Waals surface area contributed by atoms with Crippen LogP contribution in [0.15, 0.2) is 82.6 Å².